The van der Waals surface area contributed by atoms with Gasteiger partial charge in [0.1, 0.15) is 5.76 Å². The number of carbonyl (C=O) groups is 5. The molecule has 1 radical (unpaired) electrons. The van der Waals surface area contributed by atoms with Crippen molar-refractivity contribution in [2.45, 2.75) is 252 Å². The van der Waals surface area contributed by atoms with Gasteiger partial charge in [0.05, 0.1) is 19.8 Å². The van der Waals surface area contributed by atoms with E-state index in [0.717, 1.165) is 48.2 Å². The Labute approximate surface area is 464 Å². The van der Waals surface area contributed by atoms with Crippen molar-refractivity contribution in [3.8, 4) is 0 Å². The summed E-state index contributed by atoms with van der Waals surface area (Å²) in [6.07, 6.45) is 41.3. The Balaban J connectivity index is 0.00000144. The number of aliphatic hydroxyl groups is 1. The third-order valence-corrected chi connectivity index (χ3v) is 13.1. The Kier molecular flexibility index (Phi) is 45.4. The fourth-order valence-corrected chi connectivity index (χ4v) is 8.53. The van der Waals surface area contributed by atoms with Crippen molar-refractivity contribution in [2.24, 2.45) is 0 Å². The number of amides is 2. The van der Waals surface area contributed by atoms with Gasteiger partial charge < -0.3 is 25.2 Å². The number of nitrogens with one attached hydrogen (secondary N) is 2. The third kappa shape index (κ3) is 39.1. The van der Waals surface area contributed by atoms with Gasteiger partial charge in [0, 0.05) is 61.1 Å². The molecular formula is C62H96CuN4O8. The molecule has 2 aromatic rings. The normalized spacial score (nSPS) is 11.3. The van der Waals surface area contributed by atoms with Crippen molar-refractivity contribution in [3.63, 3.8) is 0 Å². The predicted octanol–water partition coefficient (Wildman–Crippen LogP) is 16.5. The van der Waals surface area contributed by atoms with Crippen LogP contribution in [0.3, 0.4) is 0 Å². The largest absolute Gasteiger partial charge is 0.523 e. The molecule has 12 nitrogen and oxygen atoms in total. The van der Waals surface area contributed by atoms with E-state index in [0.29, 0.717) is 25.7 Å². The minimum absolute atomic E-state index is 0. The molecule has 13 heteroatoms. The van der Waals surface area contributed by atoms with Gasteiger partial charge in [0.25, 0.3) is 0 Å². The number of ketones is 1. The fourth-order valence-electron chi connectivity index (χ4n) is 8.53. The van der Waals surface area contributed by atoms with Crippen molar-refractivity contribution in [1.82, 2.24) is 0 Å². The number of rotatable bonds is 43. The molecule has 423 valence electrons. The number of Topliss-reactive ketones (excluding diaryl/α,β-unsaturated/α-hetero) is 1. The molecule has 0 saturated carbocycles. The summed E-state index contributed by atoms with van der Waals surface area (Å²) < 4.78 is 10.1. The van der Waals surface area contributed by atoms with E-state index >= 15 is 0 Å². The first-order valence-electron chi connectivity index (χ1n) is 28.7. The number of hydrogen-bond acceptors (Lipinski definition) is 8. The fraction of sp³-hybridized carbons (Fsp3) is 0.661. The van der Waals surface area contributed by atoms with E-state index in [2.05, 4.69) is 34.2 Å². The topological polar surface area (TPSA) is 157 Å². The molecule has 0 heterocycles. The maximum atomic E-state index is 12.2. The molecule has 0 aliphatic carbocycles. The average molecular weight is 1090 g/mol. The number of aliphatic hydroxyl groups excluding tert-OH is 1. The second-order valence-corrected chi connectivity index (χ2v) is 19.9. The number of allylic oxidation sites excluding steroid dienone is 1. The monoisotopic (exact) mass is 1090 g/mol. The van der Waals surface area contributed by atoms with Gasteiger partial charge in [0.2, 0.25) is 17.6 Å². The van der Waals surface area contributed by atoms with Crippen LogP contribution in [-0.4, -0.2) is 53.9 Å². The summed E-state index contributed by atoms with van der Waals surface area (Å²) in [4.78, 5) is 65.1. The van der Waals surface area contributed by atoms with Gasteiger partial charge in [-0.3, -0.25) is 24.0 Å². The average Bonchev–Trinajstić information content (AvgIpc) is 3.37. The first kappa shape index (κ1) is 70.0. The van der Waals surface area contributed by atoms with Crippen molar-refractivity contribution in [1.29, 1.82) is 0 Å². The van der Waals surface area contributed by atoms with Crippen LogP contribution in [-0.2, 0) is 63.4 Å². The maximum absolute atomic E-state index is 12.2. The van der Waals surface area contributed by atoms with E-state index in [9.17, 15) is 29.1 Å². The quantitative estimate of drug-likeness (QED) is 0.0113. The molecule has 3 N–H and O–H groups in total. The number of hydrogen-bond donors (Lipinski definition) is 3. The minimum Gasteiger partial charge on any atom is -0.523 e. The summed E-state index contributed by atoms with van der Waals surface area (Å²) in [6, 6.07) is 13.5. The van der Waals surface area contributed by atoms with E-state index in [1.807, 2.05) is 48.5 Å². The third-order valence-electron chi connectivity index (χ3n) is 13.1. The molecule has 0 spiro atoms. The number of benzene rings is 2. The second kappa shape index (κ2) is 48.7. The van der Waals surface area contributed by atoms with Crippen molar-refractivity contribution in [3.05, 3.63) is 93.9 Å². The van der Waals surface area contributed by atoms with E-state index in [-0.39, 0.29) is 47.9 Å². The summed E-state index contributed by atoms with van der Waals surface area (Å²) in [7, 11) is 0. The van der Waals surface area contributed by atoms with Gasteiger partial charge in [-0.1, -0.05) is 218 Å². The zero-order valence-electron chi connectivity index (χ0n) is 46.7. The first-order chi connectivity index (χ1) is 35.9. The Morgan fingerprint density at radius 3 is 1.08 bits per heavy atom. The summed E-state index contributed by atoms with van der Waals surface area (Å²) in [5, 5.41) is 15.2. The molecule has 0 bridgehead atoms. The number of ether oxygens (including phenoxy) is 2. The summed E-state index contributed by atoms with van der Waals surface area (Å²) in [5.74, 6) is -2.41. The molecule has 0 fully saturated rings. The molecule has 2 amide bonds. The number of nitrogens with zero attached hydrogens (tertiary/aromatic N) is 2. The number of esters is 2. The molecule has 2 rings (SSSR count). The molecule has 2 aromatic carbocycles. The van der Waals surface area contributed by atoms with Crippen LogP contribution in [0.2, 0.25) is 0 Å². The van der Waals surface area contributed by atoms with Crippen LogP contribution in [0.25, 0.3) is 9.69 Å². The summed E-state index contributed by atoms with van der Waals surface area (Å²) >= 11 is 0. The Morgan fingerprint density at radius 1 is 0.493 bits per heavy atom. The predicted molar refractivity (Wildman–Crippen MR) is 302 cm³/mol. The zero-order valence-corrected chi connectivity index (χ0v) is 47.6. The molecular weight excluding hydrogens is 992 g/mol. The van der Waals surface area contributed by atoms with Crippen LogP contribution >= 0.6 is 0 Å². The summed E-state index contributed by atoms with van der Waals surface area (Å²) in [5.41, 5.74) is 2.99. The van der Waals surface area contributed by atoms with Gasteiger partial charge >= 0.3 is 23.7 Å². The van der Waals surface area contributed by atoms with Crippen LogP contribution in [0.5, 0.6) is 0 Å². The number of anilines is 2. The second-order valence-electron chi connectivity index (χ2n) is 19.9. The minimum atomic E-state index is -1.37. The Hall–Kier alpha value is -4.97. The smallest absolute Gasteiger partial charge is 0.398 e. The summed E-state index contributed by atoms with van der Waals surface area (Å²) in [6.45, 7) is 21.0. The van der Waals surface area contributed by atoms with E-state index in [1.165, 1.54) is 181 Å². The molecule has 1 atom stereocenters. The maximum Gasteiger partial charge on any atom is 0.398 e. The molecule has 0 aliphatic heterocycles. The molecule has 0 aromatic heterocycles. The molecule has 1 unspecified atom stereocenters. The van der Waals surface area contributed by atoms with Crippen molar-refractivity contribution < 1.29 is 55.6 Å². The number of carbonyl (C=O) groups excluding carboxylic acids is 5. The van der Waals surface area contributed by atoms with Crippen LogP contribution < -0.4 is 10.6 Å². The van der Waals surface area contributed by atoms with Gasteiger partial charge in [0.15, 0.2) is 0 Å². The molecule has 0 aliphatic rings. The van der Waals surface area contributed by atoms with E-state index < -0.39 is 29.5 Å². The van der Waals surface area contributed by atoms with Gasteiger partial charge in [-0.2, -0.15) is 0 Å². The van der Waals surface area contributed by atoms with Crippen LogP contribution in [0, 0.1) is 13.1 Å². The van der Waals surface area contributed by atoms with Gasteiger partial charge in [-0.25, -0.2) is 16.2 Å². The van der Waals surface area contributed by atoms with Gasteiger partial charge in [-0.15, -0.1) is 0 Å². The molecule has 75 heavy (non-hydrogen) atoms. The standard InChI is InChI=1S/2C31H48N2O4.Cu/c2*1-4-5-6-7-8-9-10-11-12-13-14-15-16-17-18-19-29(35)33-28-22-20-27(21-23-28)24-25-37-31(36)30(32-3)26(2)34;/h20-23,34H,4-19,24-25H2,1-2H3,(H,33,35);20-23,30H,4-19,24-25H2,1-2H3,(H,33,35);. The van der Waals surface area contributed by atoms with E-state index in [4.69, 9.17) is 22.6 Å². The van der Waals surface area contributed by atoms with Gasteiger partial charge in [-0.05, 0) is 55.2 Å². The van der Waals surface area contributed by atoms with E-state index in [1.54, 1.807) is 0 Å². The SMILES string of the molecule is [C-]#[N+]C(C(=O)OCCc1ccc(NC(=O)CCCCCCCCCCCCCCCCC)cc1)=C(C)O.[C-]#[N+]C(C(C)=O)C(=O)OCCc1ccc(NC(=O)CCCCCCCCCCCCCCCCC)cc1.[Cu]. The van der Waals surface area contributed by atoms with Crippen LogP contribution in [0.1, 0.15) is 244 Å². The van der Waals surface area contributed by atoms with Crippen molar-refractivity contribution >= 4 is 40.9 Å². The molecule has 0 saturated heterocycles. The first-order valence-corrected chi connectivity index (χ1v) is 28.7. The Bertz CT molecular complexity index is 1940. The van der Waals surface area contributed by atoms with Crippen LogP contribution in [0.15, 0.2) is 60.0 Å². The van der Waals surface area contributed by atoms with Crippen LogP contribution in [0.4, 0.5) is 11.4 Å². The van der Waals surface area contributed by atoms with Crippen molar-refractivity contribution in [2.75, 3.05) is 23.8 Å². The zero-order chi connectivity index (χ0) is 54.3. The number of unbranched alkanes of at least 4 members (excludes halogenated alkanes) is 28. The Morgan fingerprint density at radius 2 is 0.800 bits per heavy atom.